The summed E-state index contributed by atoms with van der Waals surface area (Å²) in [5.74, 6) is -1.67. The van der Waals surface area contributed by atoms with Crippen molar-refractivity contribution in [3.63, 3.8) is 0 Å². The lowest BCUT2D eigenvalue weighted by atomic mass is 9.83. The Bertz CT molecular complexity index is 1200. The number of fused-ring (bicyclic) bond motifs is 3. The highest BCUT2D eigenvalue weighted by Crippen LogP contribution is 2.44. The lowest BCUT2D eigenvalue weighted by Gasteiger charge is -2.42. The molecule has 34 heavy (non-hydrogen) atoms. The predicted octanol–water partition coefficient (Wildman–Crippen LogP) is 4.45. The summed E-state index contributed by atoms with van der Waals surface area (Å²) in [6, 6.07) is 22.6. The summed E-state index contributed by atoms with van der Waals surface area (Å²) < 4.78 is 5.87. The molecule has 1 fully saturated rings. The third kappa shape index (κ3) is 3.93. The second-order valence-corrected chi connectivity index (χ2v) is 9.39. The van der Waals surface area contributed by atoms with Crippen LogP contribution in [0.3, 0.4) is 0 Å². The number of hydrogen-bond acceptors (Lipinski definition) is 5. The van der Waals surface area contributed by atoms with E-state index in [1.807, 2.05) is 41.3 Å². The Kier molecular flexibility index (Phi) is 5.80. The maximum Gasteiger partial charge on any atom is 0.328 e. The van der Waals surface area contributed by atoms with Gasteiger partial charge in [0, 0.05) is 29.6 Å². The number of benzene rings is 3. The Balaban J connectivity index is 1.40. The molecule has 3 aromatic carbocycles. The molecule has 1 saturated heterocycles. The van der Waals surface area contributed by atoms with Gasteiger partial charge in [-0.25, -0.2) is 4.79 Å². The van der Waals surface area contributed by atoms with E-state index in [1.165, 1.54) is 0 Å². The third-order valence-corrected chi connectivity index (χ3v) is 7.20. The molecule has 2 aliphatic rings. The van der Waals surface area contributed by atoms with Gasteiger partial charge in [-0.1, -0.05) is 60.1 Å². The Labute approximate surface area is 202 Å². The first-order valence-corrected chi connectivity index (χ1v) is 11.6. The maximum atomic E-state index is 13.4. The van der Waals surface area contributed by atoms with Crippen LogP contribution in [0.2, 0.25) is 5.02 Å². The highest BCUT2D eigenvalue weighted by molar-refractivity contribution is 6.30. The summed E-state index contributed by atoms with van der Waals surface area (Å²) >= 11 is 6.03. The van der Waals surface area contributed by atoms with E-state index in [0.717, 1.165) is 27.9 Å². The van der Waals surface area contributed by atoms with Crippen molar-refractivity contribution in [2.45, 2.75) is 30.3 Å². The number of carboxylic acid groups (broad SMARTS) is 1. The van der Waals surface area contributed by atoms with Crippen LogP contribution in [0.15, 0.2) is 72.8 Å². The molecule has 1 aliphatic heterocycles. The predicted molar refractivity (Wildman–Crippen MR) is 131 cm³/mol. The van der Waals surface area contributed by atoms with Gasteiger partial charge in [0.1, 0.15) is 18.2 Å². The average molecular weight is 477 g/mol. The summed E-state index contributed by atoms with van der Waals surface area (Å²) in [5.41, 5.74) is 10.00. The second kappa shape index (κ2) is 8.78. The van der Waals surface area contributed by atoms with Crippen LogP contribution in [0.4, 0.5) is 5.69 Å². The molecule has 7 heteroatoms. The third-order valence-electron chi connectivity index (χ3n) is 6.94. The number of carbonyl (C=O) groups excluding carboxylic acids is 1. The number of carboxylic acids is 1. The van der Waals surface area contributed by atoms with Crippen molar-refractivity contribution in [1.29, 1.82) is 0 Å². The van der Waals surface area contributed by atoms with Crippen LogP contribution in [-0.2, 0) is 14.3 Å². The lowest BCUT2D eigenvalue weighted by Crippen LogP contribution is -2.61. The van der Waals surface area contributed by atoms with E-state index in [-0.39, 0.29) is 25.4 Å². The monoisotopic (exact) mass is 476 g/mol. The number of nitrogens with two attached hydrogens (primary N) is 1. The molecule has 0 spiro atoms. The molecule has 0 radical (unpaired) electrons. The first-order valence-electron chi connectivity index (χ1n) is 11.3. The fraction of sp³-hybridized carbons (Fsp3) is 0.259. The molecule has 0 saturated carbocycles. The van der Waals surface area contributed by atoms with E-state index in [4.69, 9.17) is 22.1 Å². The molecule has 2 atom stereocenters. The molecule has 0 amide bonds. The average Bonchev–Trinajstić information content (AvgIpc) is 3.17. The number of carbonyl (C=O) groups is 2. The van der Waals surface area contributed by atoms with E-state index in [9.17, 15) is 14.7 Å². The van der Waals surface area contributed by atoms with Crippen molar-refractivity contribution in [1.82, 2.24) is 0 Å². The van der Waals surface area contributed by atoms with Crippen molar-refractivity contribution < 1.29 is 19.4 Å². The van der Waals surface area contributed by atoms with Crippen molar-refractivity contribution in [3.8, 4) is 11.1 Å². The SMILES string of the molecule is NC1(C(=O)O)CCN(c2ccc(Cl)cc2)C(C(=O)OCC2c3ccccc3-c3ccccc32)C1. The van der Waals surface area contributed by atoms with Gasteiger partial charge in [-0.3, -0.25) is 4.79 Å². The summed E-state index contributed by atoms with van der Waals surface area (Å²) in [5, 5.41) is 10.3. The lowest BCUT2D eigenvalue weighted by molar-refractivity contribution is -0.149. The molecule has 174 valence electrons. The Morgan fingerprint density at radius 3 is 2.18 bits per heavy atom. The van der Waals surface area contributed by atoms with Gasteiger partial charge in [0.15, 0.2) is 0 Å². The molecule has 1 heterocycles. The number of anilines is 1. The minimum atomic E-state index is -1.49. The number of piperidine rings is 1. The minimum Gasteiger partial charge on any atom is -0.480 e. The number of ether oxygens (including phenoxy) is 1. The van der Waals surface area contributed by atoms with Crippen LogP contribution in [0, 0.1) is 0 Å². The van der Waals surface area contributed by atoms with E-state index in [0.29, 0.717) is 11.6 Å². The number of hydrogen-bond donors (Lipinski definition) is 2. The van der Waals surface area contributed by atoms with Gasteiger partial charge in [-0.05, 0) is 52.9 Å². The van der Waals surface area contributed by atoms with Gasteiger partial charge in [0.05, 0.1) is 0 Å². The quantitative estimate of drug-likeness (QED) is 0.528. The Morgan fingerprint density at radius 1 is 1.00 bits per heavy atom. The highest BCUT2D eigenvalue weighted by Gasteiger charge is 2.46. The number of nitrogens with zero attached hydrogens (tertiary/aromatic N) is 1. The maximum absolute atomic E-state index is 13.4. The van der Waals surface area contributed by atoms with E-state index in [1.54, 1.807) is 12.1 Å². The highest BCUT2D eigenvalue weighted by atomic mass is 35.5. The summed E-state index contributed by atoms with van der Waals surface area (Å²) in [6.07, 6.45) is 0.180. The smallest absolute Gasteiger partial charge is 0.328 e. The van der Waals surface area contributed by atoms with Crippen LogP contribution < -0.4 is 10.6 Å². The molecule has 3 aromatic rings. The molecular weight excluding hydrogens is 452 g/mol. The molecule has 3 N–H and O–H groups in total. The first kappa shape index (κ1) is 22.4. The van der Waals surface area contributed by atoms with Crippen molar-refractivity contribution in [3.05, 3.63) is 88.9 Å². The summed E-state index contributed by atoms with van der Waals surface area (Å²) in [7, 11) is 0. The number of esters is 1. The summed E-state index contributed by atoms with van der Waals surface area (Å²) in [4.78, 5) is 27.1. The molecule has 1 aliphatic carbocycles. The van der Waals surface area contributed by atoms with Crippen LogP contribution in [0.1, 0.15) is 29.9 Å². The number of rotatable bonds is 5. The van der Waals surface area contributed by atoms with Gasteiger partial charge in [0.2, 0.25) is 0 Å². The standard InChI is InChI=1S/C27H25ClN2O4/c28-17-9-11-18(12-10-17)30-14-13-27(29,26(32)33)15-24(30)25(31)34-16-23-21-7-3-1-5-19(21)20-6-2-4-8-22(20)23/h1-12,23-24H,13-16,29H2,(H,32,33). The van der Waals surface area contributed by atoms with Gasteiger partial charge in [0.25, 0.3) is 0 Å². The Morgan fingerprint density at radius 2 is 1.59 bits per heavy atom. The van der Waals surface area contributed by atoms with Crippen molar-refractivity contribution in [2.75, 3.05) is 18.1 Å². The molecule has 2 unspecified atom stereocenters. The van der Waals surface area contributed by atoms with Crippen LogP contribution >= 0.6 is 11.6 Å². The number of aliphatic carboxylic acids is 1. The minimum absolute atomic E-state index is 0.0400. The largest absolute Gasteiger partial charge is 0.480 e. The zero-order chi connectivity index (χ0) is 23.9. The van der Waals surface area contributed by atoms with Gasteiger partial charge >= 0.3 is 11.9 Å². The zero-order valence-corrected chi connectivity index (χ0v) is 19.2. The van der Waals surface area contributed by atoms with E-state index < -0.39 is 23.5 Å². The second-order valence-electron chi connectivity index (χ2n) is 8.96. The Hall–Kier alpha value is -3.35. The normalized spacial score (nSPS) is 21.6. The van der Waals surface area contributed by atoms with Crippen molar-refractivity contribution >= 4 is 29.2 Å². The van der Waals surface area contributed by atoms with E-state index >= 15 is 0 Å². The van der Waals surface area contributed by atoms with Crippen LogP contribution in [0.25, 0.3) is 11.1 Å². The topological polar surface area (TPSA) is 92.9 Å². The van der Waals surface area contributed by atoms with Crippen molar-refractivity contribution in [2.24, 2.45) is 5.73 Å². The van der Waals surface area contributed by atoms with Gasteiger partial charge in [-0.2, -0.15) is 0 Å². The fourth-order valence-electron chi connectivity index (χ4n) is 5.08. The fourth-order valence-corrected chi connectivity index (χ4v) is 5.21. The molecule has 0 bridgehead atoms. The van der Waals surface area contributed by atoms with Gasteiger partial charge < -0.3 is 20.5 Å². The number of halogens is 1. The molecule has 6 nitrogen and oxygen atoms in total. The van der Waals surface area contributed by atoms with Gasteiger partial charge in [-0.15, -0.1) is 0 Å². The van der Waals surface area contributed by atoms with E-state index in [2.05, 4.69) is 24.3 Å². The van der Waals surface area contributed by atoms with Crippen LogP contribution in [-0.4, -0.2) is 41.8 Å². The van der Waals surface area contributed by atoms with Crippen LogP contribution in [0.5, 0.6) is 0 Å². The molecular formula is C27H25ClN2O4. The first-order chi connectivity index (χ1) is 16.4. The molecule has 5 rings (SSSR count). The summed E-state index contributed by atoms with van der Waals surface area (Å²) in [6.45, 7) is 0.488. The zero-order valence-electron chi connectivity index (χ0n) is 18.5. The molecule has 0 aromatic heterocycles.